The van der Waals surface area contributed by atoms with Gasteiger partial charge in [-0.15, -0.1) is 0 Å². The van der Waals surface area contributed by atoms with Crippen LogP contribution in [0, 0.1) is 0 Å². The zero-order valence-corrected chi connectivity index (χ0v) is 17.8. The molecule has 0 saturated carbocycles. The topological polar surface area (TPSA) is 124 Å². The molecule has 1 aromatic rings. The zero-order valence-electron chi connectivity index (χ0n) is 17.8. The zero-order chi connectivity index (χ0) is 23.0. The van der Waals surface area contributed by atoms with Crippen molar-refractivity contribution in [2.24, 2.45) is 0 Å². The maximum atomic E-state index is 11.8. The average molecular weight is 438 g/mol. The molecule has 10 heteroatoms. The van der Waals surface area contributed by atoms with E-state index in [1.165, 1.54) is 13.8 Å². The second-order valence-corrected chi connectivity index (χ2v) is 6.86. The molecule has 0 N–H and O–H groups in total. The Morgan fingerprint density at radius 1 is 0.774 bits per heavy atom. The van der Waals surface area contributed by atoms with Gasteiger partial charge < -0.3 is 28.4 Å². The number of rotatable bonds is 8. The number of carbonyl (C=O) groups excluding carboxylic acids is 4. The lowest BCUT2D eigenvalue weighted by Gasteiger charge is -2.44. The Morgan fingerprint density at radius 3 is 1.87 bits per heavy atom. The van der Waals surface area contributed by atoms with E-state index in [1.54, 1.807) is 0 Å². The molecule has 31 heavy (non-hydrogen) atoms. The van der Waals surface area contributed by atoms with Crippen LogP contribution in [0.5, 0.6) is 0 Å². The highest BCUT2D eigenvalue weighted by atomic mass is 16.7. The van der Waals surface area contributed by atoms with Crippen LogP contribution in [0.3, 0.4) is 0 Å². The molecule has 5 atom stereocenters. The maximum Gasteiger partial charge on any atom is 0.303 e. The summed E-state index contributed by atoms with van der Waals surface area (Å²) in [5, 5.41) is 0. The highest BCUT2D eigenvalue weighted by Gasteiger charge is 2.52. The van der Waals surface area contributed by atoms with E-state index in [-0.39, 0.29) is 13.2 Å². The van der Waals surface area contributed by atoms with Crippen molar-refractivity contribution >= 4 is 23.9 Å². The summed E-state index contributed by atoms with van der Waals surface area (Å²) >= 11 is 0. The van der Waals surface area contributed by atoms with Gasteiger partial charge in [0.15, 0.2) is 24.6 Å². The highest BCUT2D eigenvalue weighted by Crippen LogP contribution is 2.30. The van der Waals surface area contributed by atoms with Gasteiger partial charge in [-0.1, -0.05) is 30.3 Å². The molecular weight excluding hydrogens is 412 g/mol. The molecule has 0 aliphatic carbocycles. The van der Waals surface area contributed by atoms with Crippen LogP contribution in [-0.4, -0.2) is 61.2 Å². The van der Waals surface area contributed by atoms with E-state index in [1.807, 2.05) is 30.3 Å². The van der Waals surface area contributed by atoms with Crippen molar-refractivity contribution in [3.05, 3.63) is 35.9 Å². The van der Waals surface area contributed by atoms with Crippen molar-refractivity contribution in [1.82, 2.24) is 0 Å². The first-order valence-electron chi connectivity index (χ1n) is 9.63. The van der Waals surface area contributed by atoms with Crippen molar-refractivity contribution in [3.63, 3.8) is 0 Å². The Bertz CT molecular complexity index is 778. The maximum absolute atomic E-state index is 11.8. The second-order valence-electron chi connectivity index (χ2n) is 6.86. The van der Waals surface area contributed by atoms with E-state index in [0.29, 0.717) is 0 Å². The number of benzene rings is 1. The SMILES string of the molecule is CC(=O)OC[C@H]1O[C@@H](OCc2ccccc2)[C@H](OC(C)=O)[C@@H](OC(C)=O)[C@H]1OC(C)=O. The van der Waals surface area contributed by atoms with Crippen LogP contribution in [0.1, 0.15) is 33.3 Å². The van der Waals surface area contributed by atoms with E-state index in [2.05, 4.69) is 0 Å². The summed E-state index contributed by atoms with van der Waals surface area (Å²) in [5.74, 6) is -2.66. The average Bonchev–Trinajstić information content (AvgIpc) is 2.68. The van der Waals surface area contributed by atoms with Crippen LogP contribution < -0.4 is 0 Å². The lowest BCUT2D eigenvalue weighted by molar-refractivity contribution is -0.310. The molecule has 1 aromatic carbocycles. The van der Waals surface area contributed by atoms with Crippen molar-refractivity contribution in [3.8, 4) is 0 Å². The number of carbonyl (C=O) groups is 4. The van der Waals surface area contributed by atoms with Crippen molar-refractivity contribution in [2.75, 3.05) is 6.61 Å². The molecular formula is C21H26O10. The van der Waals surface area contributed by atoms with E-state index in [0.717, 1.165) is 19.4 Å². The highest BCUT2D eigenvalue weighted by molar-refractivity contribution is 5.68. The molecule has 0 radical (unpaired) electrons. The molecule has 0 bridgehead atoms. The van der Waals surface area contributed by atoms with Crippen molar-refractivity contribution < 1.29 is 47.6 Å². The molecule has 1 aliphatic heterocycles. The van der Waals surface area contributed by atoms with Crippen LogP contribution in [0.15, 0.2) is 30.3 Å². The number of ether oxygens (including phenoxy) is 6. The van der Waals surface area contributed by atoms with Gasteiger partial charge in [0.1, 0.15) is 12.7 Å². The minimum absolute atomic E-state index is 0.0918. The fourth-order valence-corrected chi connectivity index (χ4v) is 3.08. The molecule has 0 spiro atoms. The summed E-state index contributed by atoms with van der Waals surface area (Å²) in [6.45, 7) is 4.49. The van der Waals surface area contributed by atoms with Crippen LogP contribution in [0.2, 0.25) is 0 Å². The Morgan fingerprint density at radius 2 is 1.32 bits per heavy atom. The summed E-state index contributed by atoms with van der Waals surface area (Å²) in [6.07, 6.45) is -5.92. The predicted molar refractivity (Wildman–Crippen MR) is 103 cm³/mol. The van der Waals surface area contributed by atoms with Crippen LogP contribution >= 0.6 is 0 Å². The van der Waals surface area contributed by atoms with Gasteiger partial charge in [-0.3, -0.25) is 19.2 Å². The van der Waals surface area contributed by atoms with Crippen LogP contribution in [0.25, 0.3) is 0 Å². The van der Waals surface area contributed by atoms with Gasteiger partial charge in [-0.05, 0) is 5.56 Å². The minimum Gasteiger partial charge on any atom is -0.463 e. The summed E-state index contributed by atoms with van der Waals surface area (Å²) < 4.78 is 32.6. The number of hydrogen-bond acceptors (Lipinski definition) is 10. The van der Waals surface area contributed by atoms with Gasteiger partial charge in [-0.2, -0.15) is 0 Å². The van der Waals surface area contributed by atoms with Gasteiger partial charge in [0.25, 0.3) is 0 Å². The third kappa shape index (κ3) is 7.65. The predicted octanol–water partition coefficient (Wildman–Crippen LogP) is 1.29. The molecule has 170 valence electrons. The first kappa shape index (κ1) is 24.3. The van der Waals surface area contributed by atoms with Crippen LogP contribution in [-0.2, 0) is 54.2 Å². The summed E-state index contributed by atoms with van der Waals surface area (Å²) in [7, 11) is 0. The lowest BCUT2D eigenvalue weighted by Crippen LogP contribution is -2.62. The molecule has 1 heterocycles. The van der Waals surface area contributed by atoms with Crippen molar-refractivity contribution in [1.29, 1.82) is 0 Å². The Kier molecular flexibility index (Phi) is 8.95. The third-order valence-electron chi connectivity index (χ3n) is 4.21. The normalized spacial score (nSPS) is 25.2. The first-order valence-corrected chi connectivity index (χ1v) is 9.63. The quantitative estimate of drug-likeness (QED) is 0.433. The molecule has 1 saturated heterocycles. The standard InChI is InChI=1S/C21H26O10/c1-12(22)26-11-17-18(28-13(2)23)19(29-14(3)24)20(30-15(4)25)21(31-17)27-10-16-8-6-5-7-9-16/h5-9,17-21H,10-11H2,1-4H3/t17-,18+,19+,20-,21-/m1/s1. The molecule has 0 unspecified atom stereocenters. The van der Waals surface area contributed by atoms with Gasteiger partial charge in [0, 0.05) is 27.7 Å². The second kappa shape index (κ2) is 11.4. The van der Waals surface area contributed by atoms with Crippen molar-refractivity contribution in [2.45, 2.75) is 65.0 Å². The van der Waals surface area contributed by atoms with Crippen LogP contribution in [0.4, 0.5) is 0 Å². The summed E-state index contributed by atoms with van der Waals surface area (Å²) in [6, 6.07) is 9.14. The minimum atomic E-state index is -1.25. The van der Waals surface area contributed by atoms with Gasteiger partial charge >= 0.3 is 23.9 Å². The van der Waals surface area contributed by atoms with E-state index in [9.17, 15) is 19.2 Å². The van der Waals surface area contributed by atoms with E-state index < -0.39 is 54.6 Å². The monoisotopic (exact) mass is 438 g/mol. The molecule has 0 aromatic heterocycles. The molecule has 10 nitrogen and oxygen atoms in total. The van der Waals surface area contributed by atoms with Gasteiger partial charge in [0.05, 0.1) is 6.61 Å². The fraction of sp³-hybridized carbons (Fsp3) is 0.524. The smallest absolute Gasteiger partial charge is 0.303 e. The summed E-state index contributed by atoms with van der Waals surface area (Å²) in [5.41, 5.74) is 0.815. The van der Waals surface area contributed by atoms with E-state index >= 15 is 0 Å². The van der Waals surface area contributed by atoms with E-state index in [4.69, 9.17) is 28.4 Å². The largest absolute Gasteiger partial charge is 0.463 e. The van der Waals surface area contributed by atoms with Gasteiger partial charge in [-0.25, -0.2) is 0 Å². The first-order chi connectivity index (χ1) is 14.7. The Balaban J connectivity index is 2.35. The Labute approximate surface area is 179 Å². The lowest BCUT2D eigenvalue weighted by atomic mass is 9.98. The number of esters is 4. The molecule has 2 rings (SSSR count). The fourth-order valence-electron chi connectivity index (χ4n) is 3.08. The molecule has 0 amide bonds. The molecule has 1 fully saturated rings. The summed E-state index contributed by atoms with van der Waals surface area (Å²) in [4.78, 5) is 46.5. The molecule has 1 aliphatic rings. The Hall–Kier alpha value is -2.98. The number of hydrogen-bond donors (Lipinski definition) is 0. The third-order valence-corrected chi connectivity index (χ3v) is 4.21. The van der Waals surface area contributed by atoms with Gasteiger partial charge in [0.2, 0.25) is 0 Å².